The van der Waals surface area contributed by atoms with Crippen molar-refractivity contribution in [3.63, 3.8) is 0 Å². The Hall–Kier alpha value is -1.51. The van der Waals surface area contributed by atoms with Gasteiger partial charge in [-0.1, -0.05) is 6.07 Å². The third kappa shape index (κ3) is 0.774. The van der Waals surface area contributed by atoms with Crippen molar-refractivity contribution in [3.05, 3.63) is 30.7 Å². The number of nitrogens with zero attached hydrogens (tertiary/aromatic N) is 2. The summed E-state index contributed by atoms with van der Waals surface area (Å²) in [6.45, 7) is 0. The van der Waals surface area contributed by atoms with Gasteiger partial charge >= 0.3 is 0 Å². The third-order valence-electron chi connectivity index (χ3n) is 1.74. The molecule has 0 spiro atoms. The first kappa shape index (κ1) is 6.22. The van der Waals surface area contributed by atoms with Crippen molar-refractivity contribution in [1.82, 2.24) is 4.40 Å². The van der Waals surface area contributed by atoms with E-state index in [0.29, 0.717) is 5.65 Å². The van der Waals surface area contributed by atoms with Gasteiger partial charge in [-0.3, -0.25) is 0 Å². The second-order valence-corrected chi connectivity index (χ2v) is 2.51. The van der Waals surface area contributed by atoms with Gasteiger partial charge in [0.25, 0.3) is 5.65 Å². The minimum absolute atomic E-state index is 0.0556. The number of rotatable bonds is 0. The Balaban J connectivity index is 2.96. The van der Waals surface area contributed by atoms with Gasteiger partial charge in [0.05, 0.1) is 13.2 Å². The fourth-order valence-corrected chi connectivity index (χ4v) is 1.21. The normalized spacial score (nSPS) is 10.6. The molecule has 0 radical (unpaired) electrons. The fraction of sp³-hybridized carbons (Fsp3) is 0.125. The van der Waals surface area contributed by atoms with Crippen LogP contribution in [0.3, 0.4) is 0 Å². The van der Waals surface area contributed by atoms with Crippen molar-refractivity contribution in [2.24, 2.45) is 7.05 Å². The molecule has 2 aromatic rings. The topological polar surface area (TPSA) is 31.3 Å². The van der Waals surface area contributed by atoms with E-state index in [4.69, 9.17) is 0 Å². The van der Waals surface area contributed by atoms with E-state index < -0.39 is 0 Å². The largest absolute Gasteiger partial charge is 0.867 e. The van der Waals surface area contributed by atoms with E-state index in [1.807, 2.05) is 34.6 Å². The molecule has 0 amide bonds. The molecule has 0 saturated heterocycles. The Bertz CT molecular complexity index is 392. The number of aryl methyl sites for hydroxylation is 1. The first-order valence-electron chi connectivity index (χ1n) is 3.41. The van der Waals surface area contributed by atoms with Crippen LogP contribution in [-0.2, 0) is 7.05 Å². The molecule has 2 rings (SSSR count). The molecular formula is C8H8N2O. The lowest BCUT2D eigenvalue weighted by Crippen LogP contribution is -2.26. The van der Waals surface area contributed by atoms with Gasteiger partial charge in [-0.25, -0.2) is 8.97 Å². The Morgan fingerprint density at radius 3 is 3.00 bits per heavy atom. The number of aromatic nitrogens is 2. The van der Waals surface area contributed by atoms with Crippen molar-refractivity contribution in [1.29, 1.82) is 0 Å². The van der Waals surface area contributed by atoms with Crippen LogP contribution >= 0.6 is 0 Å². The standard InChI is InChI=1S/C8H8N2O/c1-9-5-6-10-4-2-3-7(11)8(9)10/h2-6H,1H3. The molecule has 0 aliphatic carbocycles. The Morgan fingerprint density at radius 1 is 1.45 bits per heavy atom. The lowest BCUT2D eigenvalue weighted by molar-refractivity contribution is -0.646. The predicted molar refractivity (Wildman–Crippen MR) is 38.0 cm³/mol. The molecule has 56 valence electrons. The van der Waals surface area contributed by atoms with E-state index in [9.17, 15) is 5.11 Å². The van der Waals surface area contributed by atoms with Crippen LogP contribution < -0.4 is 9.67 Å². The van der Waals surface area contributed by atoms with E-state index in [-0.39, 0.29) is 5.75 Å². The number of hydrogen-bond donors (Lipinski definition) is 0. The maximum absolute atomic E-state index is 11.2. The zero-order chi connectivity index (χ0) is 7.84. The van der Waals surface area contributed by atoms with Gasteiger partial charge in [0.15, 0.2) is 0 Å². The lowest BCUT2D eigenvalue weighted by Gasteiger charge is -2.01. The van der Waals surface area contributed by atoms with Crippen LogP contribution in [0.25, 0.3) is 5.65 Å². The van der Waals surface area contributed by atoms with Crippen LogP contribution in [0.1, 0.15) is 0 Å². The van der Waals surface area contributed by atoms with Crippen LogP contribution in [0.2, 0.25) is 0 Å². The molecule has 2 heterocycles. The molecule has 0 bridgehead atoms. The summed E-state index contributed by atoms with van der Waals surface area (Å²) >= 11 is 0. The number of hydrogen-bond acceptors (Lipinski definition) is 1. The molecule has 11 heavy (non-hydrogen) atoms. The van der Waals surface area contributed by atoms with Crippen molar-refractivity contribution in [2.75, 3.05) is 0 Å². The van der Waals surface area contributed by atoms with Crippen molar-refractivity contribution in [3.8, 4) is 5.75 Å². The molecule has 0 saturated carbocycles. The van der Waals surface area contributed by atoms with Gasteiger partial charge in [0.2, 0.25) is 0 Å². The Morgan fingerprint density at radius 2 is 2.27 bits per heavy atom. The van der Waals surface area contributed by atoms with E-state index in [2.05, 4.69) is 0 Å². The summed E-state index contributed by atoms with van der Waals surface area (Å²) in [5, 5.41) is 11.2. The predicted octanol–water partition coefficient (Wildman–Crippen LogP) is -0.163. The summed E-state index contributed by atoms with van der Waals surface area (Å²) in [5.74, 6) is 0.0556. The van der Waals surface area contributed by atoms with E-state index in [1.165, 1.54) is 0 Å². The molecule has 0 atom stereocenters. The van der Waals surface area contributed by atoms with Crippen LogP contribution in [-0.4, -0.2) is 4.40 Å². The summed E-state index contributed by atoms with van der Waals surface area (Å²) in [7, 11) is 1.86. The molecule has 2 aromatic heterocycles. The van der Waals surface area contributed by atoms with Gasteiger partial charge in [-0.15, -0.1) is 0 Å². The lowest BCUT2D eigenvalue weighted by atomic mass is 10.4. The molecule has 0 aromatic carbocycles. The van der Waals surface area contributed by atoms with Crippen LogP contribution in [0.5, 0.6) is 5.75 Å². The summed E-state index contributed by atoms with van der Waals surface area (Å²) in [5.41, 5.74) is 0.701. The highest BCUT2D eigenvalue weighted by molar-refractivity contribution is 5.46. The van der Waals surface area contributed by atoms with Crippen molar-refractivity contribution in [2.45, 2.75) is 0 Å². The molecule has 0 N–H and O–H groups in total. The maximum Gasteiger partial charge on any atom is 0.277 e. The molecule has 0 fully saturated rings. The number of pyridine rings is 1. The van der Waals surface area contributed by atoms with Gasteiger partial charge in [-0.05, 0) is 11.8 Å². The summed E-state index contributed by atoms with van der Waals surface area (Å²) in [6, 6.07) is 3.31. The zero-order valence-corrected chi connectivity index (χ0v) is 6.19. The first-order valence-corrected chi connectivity index (χ1v) is 3.41. The highest BCUT2D eigenvalue weighted by Crippen LogP contribution is 2.08. The third-order valence-corrected chi connectivity index (χ3v) is 1.74. The first-order chi connectivity index (χ1) is 5.29. The molecule has 3 heteroatoms. The van der Waals surface area contributed by atoms with E-state index in [1.54, 1.807) is 12.1 Å². The Labute approximate surface area is 64.1 Å². The summed E-state index contributed by atoms with van der Waals surface area (Å²) < 4.78 is 3.62. The van der Waals surface area contributed by atoms with Gasteiger partial charge < -0.3 is 5.11 Å². The summed E-state index contributed by atoms with van der Waals surface area (Å²) in [4.78, 5) is 0. The smallest absolute Gasteiger partial charge is 0.277 e. The monoisotopic (exact) mass is 148 g/mol. The molecule has 0 aliphatic rings. The van der Waals surface area contributed by atoms with Gasteiger partial charge in [0.1, 0.15) is 12.4 Å². The van der Waals surface area contributed by atoms with E-state index in [0.717, 1.165) is 0 Å². The summed E-state index contributed by atoms with van der Waals surface area (Å²) in [6.07, 6.45) is 5.57. The Kier molecular flexibility index (Phi) is 1.12. The zero-order valence-electron chi connectivity index (χ0n) is 6.19. The molecule has 3 nitrogen and oxygen atoms in total. The van der Waals surface area contributed by atoms with Crippen molar-refractivity contribution < 1.29 is 9.67 Å². The highest BCUT2D eigenvalue weighted by atomic mass is 16.3. The number of fused-ring (bicyclic) bond motifs is 1. The maximum atomic E-state index is 11.2. The van der Waals surface area contributed by atoms with E-state index >= 15 is 0 Å². The highest BCUT2D eigenvalue weighted by Gasteiger charge is 2.03. The fourth-order valence-electron chi connectivity index (χ4n) is 1.21. The van der Waals surface area contributed by atoms with Crippen LogP contribution in [0, 0.1) is 0 Å². The molecular weight excluding hydrogens is 140 g/mol. The quantitative estimate of drug-likeness (QED) is 0.477. The van der Waals surface area contributed by atoms with Crippen LogP contribution in [0.15, 0.2) is 30.7 Å². The average molecular weight is 148 g/mol. The number of imidazole rings is 1. The van der Waals surface area contributed by atoms with Gasteiger partial charge in [0, 0.05) is 0 Å². The van der Waals surface area contributed by atoms with Crippen molar-refractivity contribution >= 4 is 5.65 Å². The SMILES string of the molecule is C[n+]1ccn2cccc([O-])c21. The molecule has 0 unspecified atom stereocenters. The van der Waals surface area contributed by atoms with Gasteiger partial charge in [-0.2, -0.15) is 0 Å². The second-order valence-electron chi connectivity index (χ2n) is 2.51. The minimum atomic E-state index is 0.0556. The second kappa shape index (κ2) is 1.99. The van der Waals surface area contributed by atoms with Crippen LogP contribution in [0.4, 0.5) is 0 Å². The average Bonchev–Trinajstić information content (AvgIpc) is 2.34. The minimum Gasteiger partial charge on any atom is -0.867 e. The molecule has 0 aliphatic heterocycles.